The summed E-state index contributed by atoms with van der Waals surface area (Å²) in [5, 5.41) is 5.84. The molecule has 30 heavy (non-hydrogen) atoms. The third kappa shape index (κ3) is 16.4. The van der Waals surface area contributed by atoms with E-state index in [1.165, 1.54) is 22.3 Å². The van der Waals surface area contributed by atoms with Crippen LogP contribution in [0.15, 0.2) is 0 Å². The first-order valence-corrected chi connectivity index (χ1v) is 25.5. The number of rotatable bonds is 20. The van der Waals surface area contributed by atoms with E-state index in [9.17, 15) is 0 Å². The molecule has 1 aliphatic rings. The van der Waals surface area contributed by atoms with Crippen molar-refractivity contribution in [3.63, 3.8) is 0 Å². The predicted molar refractivity (Wildman–Crippen MR) is 193 cm³/mol. The highest BCUT2D eigenvalue weighted by molar-refractivity contribution is 8.87. The van der Waals surface area contributed by atoms with Gasteiger partial charge in [-0.2, -0.15) is 60.4 Å². The first-order valence-electron chi connectivity index (χ1n) is 8.62. The Hall–Kier alpha value is 5.60. The lowest BCUT2D eigenvalue weighted by molar-refractivity contribution is 1.36. The van der Waals surface area contributed by atoms with Crippen LogP contribution in [0, 0.1) is 0 Å². The second-order valence-electron chi connectivity index (χ2n) is 5.07. The molecule has 0 saturated carbocycles. The molecular formula is C14H30S16. The molecular weight excluding hydrogens is 681 g/mol. The zero-order valence-corrected chi connectivity index (χ0v) is 29.9. The molecule has 0 bridgehead atoms. The van der Waals surface area contributed by atoms with Crippen molar-refractivity contribution in [3.05, 3.63) is 0 Å². The minimum atomic E-state index is -0.0531. The molecule has 1 aliphatic heterocycles. The Kier molecular flexibility index (Phi) is 26.6. The zero-order valence-electron chi connectivity index (χ0n) is 16.4. The largest absolute Gasteiger partial charge is 0.194 e. The van der Waals surface area contributed by atoms with Gasteiger partial charge in [0.1, 0.15) is 3.91 Å². The van der Waals surface area contributed by atoms with Gasteiger partial charge in [0.2, 0.25) is 0 Å². The highest BCUT2D eigenvalue weighted by Crippen LogP contribution is 2.51. The van der Waals surface area contributed by atoms with Gasteiger partial charge in [-0.25, -0.2) is 0 Å². The maximum Gasteiger partial charge on any atom is 0.106 e. The molecule has 1 rings (SSSR count). The van der Waals surface area contributed by atoms with Gasteiger partial charge in [0.15, 0.2) is 0 Å². The molecule has 0 aromatic carbocycles. The molecule has 0 radical (unpaired) electrons. The summed E-state index contributed by atoms with van der Waals surface area (Å²) < 4.78 is 2.53. The average molecular weight is 711 g/mol. The van der Waals surface area contributed by atoms with Gasteiger partial charge in [-0.1, -0.05) is 21.6 Å². The Labute approximate surface area is 254 Å². The molecule has 1 heterocycles. The molecule has 0 nitrogen and oxygen atoms in total. The third-order valence-corrected chi connectivity index (χ3v) is 26.9. The van der Waals surface area contributed by atoms with Gasteiger partial charge in [0.05, 0.1) is 13.7 Å². The summed E-state index contributed by atoms with van der Waals surface area (Å²) in [7, 11) is 6.09. The van der Waals surface area contributed by atoms with Crippen molar-refractivity contribution in [1.82, 2.24) is 0 Å². The fourth-order valence-corrected chi connectivity index (χ4v) is 26.2. The fourth-order valence-electron chi connectivity index (χ4n) is 1.91. The van der Waals surface area contributed by atoms with Gasteiger partial charge < -0.3 is 0 Å². The Bertz CT molecular complexity index is 377. The van der Waals surface area contributed by atoms with Crippen LogP contribution in [0.3, 0.4) is 0 Å². The van der Waals surface area contributed by atoms with Crippen molar-refractivity contribution in [2.45, 2.75) is 17.7 Å². The van der Waals surface area contributed by atoms with Crippen molar-refractivity contribution >= 4 is 187 Å². The molecule has 0 amide bonds. The highest BCUT2D eigenvalue weighted by Gasteiger charge is 2.24. The summed E-state index contributed by atoms with van der Waals surface area (Å²) in [4.78, 5) is 0. The summed E-state index contributed by atoms with van der Waals surface area (Å²) in [6.45, 7) is 0. The van der Waals surface area contributed by atoms with Crippen molar-refractivity contribution in [1.29, 1.82) is 0 Å². The summed E-state index contributed by atoms with van der Waals surface area (Å²) in [6.07, 6.45) is 2.43. The smallest absolute Gasteiger partial charge is 0.106 e. The average Bonchev–Trinajstić information content (AvgIpc) is 3.25. The van der Waals surface area contributed by atoms with Crippen LogP contribution in [-0.2, 0) is 0 Å². The lowest BCUT2D eigenvalue weighted by Gasteiger charge is -2.28. The Morgan fingerprint density at radius 3 is 2.00 bits per heavy atom. The molecule has 3 atom stereocenters. The summed E-state index contributed by atoms with van der Waals surface area (Å²) in [6, 6.07) is 0. The van der Waals surface area contributed by atoms with E-state index >= 15 is 0 Å². The molecule has 0 aromatic rings. The number of thioether (sulfide) groups is 8. The quantitative estimate of drug-likeness (QED) is 0.0356. The van der Waals surface area contributed by atoms with Crippen LogP contribution in [0.4, 0.5) is 0 Å². The molecule has 3 unspecified atom stereocenters. The zero-order chi connectivity index (χ0) is 22.0. The molecule has 1 saturated heterocycles. The van der Waals surface area contributed by atoms with E-state index in [0.29, 0.717) is 9.16 Å². The second-order valence-corrected chi connectivity index (χ2v) is 27.0. The lowest BCUT2D eigenvalue weighted by Crippen LogP contribution is -2.15. The second kappa shape index (κ2) is 23.7. The van der Waals surface area contributed by atoms with Gasteiger partial charge in [-0.05, 0) is 6.26 Å². The highest BCUT2D eigenvalue weighted by atomic mass is 33.1. The Balaban J connectivity index is 2.40. The first-order chi connectivity index (χ1) is 14.7. The van der Waals surface area contributed by atoms with Gasteiger partial charge in [-0.3, -0.25) is 0 Å². The van der Waals surface area contributed by atoms with Crippen molar-refractivity contribution < 1.29 is 0 Å². The minimum absolute atomic E-state index is 0.0531. The SMILES string of the molecule is C[SH](SCS)C(CSCSSC1SCCS1)SCSC(SCS)C(SCS)SCS. The first kappa shape index (κ1) is 33.6. The summed E-state index contributed by atoms with van der Waals surface area (Å²) >= 11 is 34.2. The van der Waals surface area contributed by atoms with Crippen molar-refractivity contribution in [2.75, 3.05) is 54.0 Å². The molecule has 0 aliphatic carbocycles. The van der Waals surface area contributed by atoms with Crippen molar-refractivity contribution in [3.8, 4) is 0 Å². The molecule has 0 spiro atoms. The molecule has 1 fully saturated rings. The Morgan fingerprint density at radius 2 is 1.43 bits per heavy atom. The standard InChI is InChI=1S/C14H30S16/c1-30(28-8-18)11(4-19-9-27-29-14-20-2-3-21-14)25-10-26-13(24-7-17)12(22-5-15)23-6-16/h11-18,30H,2-10H2,1H3. The maximum absolute atomic E-state index is 4.48. The van der Waals surface area contributed by atoms with Gasteiger partial charge in [0.25, 0.3) is 0 Å². The van der Waals surface area contributed by atoms with Crippen LogP contribution >= 0.6 is 187 Å². The number of hydrogen-bond acceptors (Lipinski definition) is 15. The minimum Gasteiger partial charge on any atom is -0.194 e. The van der Waals surface area contributed by atoms with E-state index in [2.05, 4.69) is 126 Å². The van der Waals surface area contributed by atoms with Gasteiger partial charge in [-0.15, -0.1) is 105 Å². The van der Waals surface area contributed by atoms with E-state index < -0.39 is 0 Å². The number of thiol groups is 5. The number of hydrogen-bond donors (Lipinski definition) is 5. The van der Waals surface area contributed by atoms with Crippen LogP contribution in [0.1, 0.15) is 0 Å². The van der Waals surface area contributed by atoms with Gasteiger partial charge >= 0.3 is 0 Å². The van der Waals surface area contributed by atoms with Gasteiger partial charge in [0, 0.05) is 47.8 Å². The topological polar surface area (TPSA) is 0 Å². The Morgan fingerprint density at radius 1 is 0.833 bits per heavy atom. The normalized spacial score (nSPS) is 18.8. The van der Waals surface area contributed by atoms with E-state index in [0.717, 1.165) is 33.9 Å². The van der Waals surface area contributed by atoms with Crippen LogP contribution in [0.25, 0.3) is 0 Å². The van der Waals surface area contributed by atoms with Crippen LogP contribution < -0.4 is 0 Å². The maximum atomic E-state index is 4.48. The van der Waals surface area contributed by atoms with E-state index in [-0.39, 0.29) is 9.93 Å². The van der Waals surface area contributed by atoms with Crippen LogP contribution in [0.5, 0.6) is 0 Å². The predicted octanol–water partition coefficient (Wildman–Crippen LogP) is 9.25. The third-order valence-electron chi connectivity index (χ3n) is 3.23. The molecule has 0 aromatic heterocycles. The van der Waals surface area contributed by atoms with E-state index in [1.807, 2.05) is 56.9 Å². The fraction of sp³-hybridized carbons (Fsp3) is 1.00. The van der Waals surface area contributed by atoms with Crippen LogP contribution in [0.2, 0.25) is 0 Å². The molecule has 0 N–H and O–H groups in total. The lowest BCUT2D eigenvalue weighted by atomic mass is 10.9. The van der Waals surface area contributed by atoms with E-state index in [1.54, 1.807) is 0 Å². The van der Waals surface area contributed by atoms with Crippen molar-refractivity contribution in [2.24, 2.45) is 0 Å². The monoisotopic (exact) mass is 710 g/mol. The molecule has 16 heteroatoms. The molecule has 182 valence electrons. The summed E-state index contributed by atoms with van der Waals surface area (Å²) in [5.74, 6) is 3.89. The van der Waals surface area contributed by atoms with Crippen LogP contribution in [-0.4, -0.2) is 71.7 Å². The van der Waals surface area contributed by atoms with E-state index in [4.69, 9.17) is 0 Å². The summed E-state index contributed by atoms with van der Waals surface area (Å²) in [5.41, 5.74) is 0.